The van der Waals surface area contributed by atoms with E-state index in [9.17, 15) is 0 Å². The number of rotatable bonds is 3. The van der Waals surface area contributed by atoms with Gasteiger partial charge in [-0.2, -0.15) is 0 Å². The van der Waals surface area contributed by atoms with Gasteiger partial charge in [0.05, 0.1) is 6.10 Å². The summed E-state index contributed by atoms with van der Waals surface area (Å²) in [5.41, 5.74) is 7.93. The molecular formula is C12H17BrN2O. The molecule has 3 nitrogen and oxygen atoms in total. The van der Waals surface area contributed by atoms with Crippen molar-refractivity contribution in [3.05, 3.63) is 28.2 Å². The van der Waals surface area contributed by atoms with Gasteiger partial charge in [-0.05, 0) is 40.0 Å². The lowest BCUT2D eigenvalue weighted by molar-refractivity contribution is 0.107. The van der Waals surface area contributed by atoms with E-state index in [2.05, 4.69) is 26.9 Å². The smallest absolute Gasteiger partial charge is 0.0710 e. The Morgan fingerprint density at radius 3 is 3.00 bits per heavy atom. The molecule has 1 saturated heterocycles. The monoisotopic (exact) mass is 284 g/mol. The zero-order valence-corrected chi connectivity index (χ0v) is 11.0. The Hall–Kier alpha value is -0.580. The average molecular weight is 285 g/mol. The third kappa shape index (κ3) is 2.75. The van der Waals surface area contributed by atoms with E-state index in [1.54, 1.807) is 7.11 Å². The van der Waals surface area contributed by atoms with Gasteiger partial charge in [0, 0.05) is 36.9 Å². The van der Waals surface area contributed by atoms with E-state index < -0.39 is 0 Å². The number of anilines is 1. The summed E-state index contributed by atoms with van der Waals surface area (Å²) in [6.45, 7) is 3.08. The highest BCUT2D eigenvalue weighted by atomic mass is 79.9. The first kappa shape index (κ1) is 11.9. The van der Waals surface area contributed by atoms with E-state index in [1.165, 1.54) is 5.56 Å². The van der Waals surface area contributed by atoms with Crippen LogP contribution >= 0.6 is 15.9 Å². The molecule has 0 amide bonds. The molecule has 1 aromatic carbocycles. The predicted molar refractivity (Wildman–Crippen MR) is 69.2 cm³/mol. The summed E-state index contributed by atoms with van der Waals surface area (Å²) in [6.07, 6.45) is 1.52. The molecule has 1 aliphatic heterocycles. The molecule has 0 bridgehead atoms. The SMILES string of the molecule is COC1CCN(Cc2ccc(Br)c(N)c2)C1. The van der Waals surface area contributed by atoms with Crippen LogP contribution in [0.5, 0.6) is 0 Å². The van der Waals surface area contributed by atoms with Crippen LogP contribution in [0.3, 0.4) is 0 Å². The number of methoxy groups -OCH3 is 1. The quantitative estimate of drug-likeness (QED) is 0.866. The molecule has 0 aliphatic carbocycles. The van der Waals surface area contributed by atoms with E-state index in [0.717, 1.165) is 36.2 Å². The fourth-order valence-corrected chi connectivity index (χ4v) is 2.33. The molecule has 1 aliphatic rings. The Morgan fingerprint density at radius 1 is 1.56 bits per heavy atom. The second kappa shape index (κ2) is 5.17. The maximum Gasteiger partial charge on any atom is 0.0710 e. The lowest BCUT2D eigenvalue weighted by Crippen LogP contribution is -2.22. The van der Waals surface area contributed by atoms with Gasteiger partial charge < -0.3 is 10.5 Å². The van der Waals surface area contributed by atoms with Crippen molar-refractivity contribution in [2.75, 3.05) is 25.9 Å². The van der Waals surface area contributed by atoms with Crippen LogP contribution in [0.4, 0.5) is 5.69 Å². The zero-order valence-electron chi connectivity index (χ0n) is 9.45. The molecular weight excluding hydrogens is 268 g/mol. The van der Waals surface area contributed by atoms with Crippen molar-refractivity contribution < 1.29 is 4.74 Å². The number of ether oxygens (including phenoxy) is 1. The highest BCUT2D eigenvalue weighted by molar-refractivity contribution is 9.10. The van der Waals surface area contributed by atoms with Crippen molar-refractivity contribution in [3.8, 4) is 0 Å². The predicted octanol–water partition coefficient (Wildman–Crippen LogP) is 2.25. The molecule has 1 heterocycles. The number of nitrogen functional groups attached to an aromatic ring is 1. The Bertz CT molecular complexity index is 370. The number of hydrogen-bond acceptors (Lipinski definition) is 3. The molecule has 1 aromatic rings. The molecule has 1 fully saturated rings. The van der Waals surface area contributed by atoms with Gasteiger partial charge in [-0.1, -0.05) is 6.07 Å². The number of nitrogens with zero attached hydrogens (tertiary/aromatic N) is 1. The van der Waals surface area contributed by atoms with Crippen molar-refractivity contribution in [1.82, 2.24) is 4.90 Å². The van der Waals surface area contributed by atoms with Gasteiger partial charge in [-0.3, -0.25) is 4.90 Å². The average Bonchev–Trinajstić information content (AvgIpc) is 2.71. The topological polar surface area (TPSA) is 38.5 Å². The lowest BCUT2D eigenvalue weighted by atomic mass is 10.2. The minimum absolute atomic E-state index is 0.396. The third-order valence-corrected chi connectivity index (χ3v) is 3.75. The maximum atomic E-state index is 5.86. The van der Waals surface area contributed by atoms with E-state index in [1.807, 2.05) is 12.1 Å². The molecule has 1 unspecified atom stereocenters. The number of benzene rings is 1. The van der Waals surface area contributed by atoms with Gasteiger partial charge in [0.15, 0.2) is 0 Å². The Kier molecular flexibility index (Phi) is 3.84. The summed E-state index contributed by atoms with van der Waals surface area (Å²) < 4.78 is 6.31. The van der Waals surface area contributed by atoms with Crippen LogP contribution in [0.2, 0.25) is 0 Å². The van der Waals surface area contributed by atoms with Crippen molar-refractivity contribution in [2.45, 2.75) is 19.1 Å². The van der Waals surface area contributed by atoms with Crippen LogP contribution in [-0.2, 0) is 11.3 Å². The number of likely N-dealkylation sites (tertiary alicyclic amines) is 1. The Morgan fingerprint density at radius 2 is 2.38 bits per heavy atom. The second-order valence-corrected chi connectivity index (χ2v) is 5.09. The molecule has 88 valence electrons. The van der Waals surface area contributed by atoms with E-state index in [0.29, 0.717) is 6.10 Å². The van der Waals surface area contributed by atoms with E-state index in [-0.39, 0.29) is 0 Å². The first-order chi connectivity index (χ1) is 7.69. The van der Waals surface area contributed by atoms with Crippen LogP contribution in [0, 0.1) is 0 Å². The van der Waals surface area contributed by atoms with Crippen molar-refractivity contribution in [2.24, 2.45) is 0 Å². The fourth-order valence-electron chi connectivity index (χ4n) is 2.08. The third-order valence-electron chi connectivity index (χ3n) is 3.03. The van der Waals surface area contributed by atoms with Gasteiger partial charge in [-0.15, -0.1) is 0 Å². The van der Waals surface area contributed by atoms with Crippen LogP contribution < -0.4 is 5.73 Å². The summed E-state index contributed by atoms with van der Waals surface area (Å²) in [7, 11) is 1.78. The van der Waals surface area contributed by atoms with Gasteiger partial charge >= 0.3 is 0 Å². The van der Waals surface area contributed by atoms with Crippen molar-refractivity contribution in [3.63, 3.8) is 0 Å². The van der Waals surface area contributed by atoms with Crippen LogP contribution in [0.25, 0.3) is 0 Å². The summed E-state index contributed by atoms with van der Waals surface area (Å²) >= 11 is 3.40. The number of halogens is 1. The molecule has 2 N–H and O–H groups in total. The minimum Gasteiger partial charge on any atom is -0.398 e. The maximum absolute atomic E-state index is 5.86. The highest BCUT2D eigenvalue weighted by Gasteiger charge is 2.21. The fraction of sp³-hybridized carbons (Fsp3) is 0.500. The summed E-state index contributed by atoms with van der Waals surface area (Å²) in [5, 5.41) is 0. The largest absolute Gasteiger partial charge is 0.398 e. The molecule has 0 saturated carbocycles. The van der Waals surface area contributed by atoms with Crippen LogP contribution in [0.1, 0.15) is 12.0 Å². The molecule has 16 heavy (non-hydrogen) atoms. The molecule has 4 heteroatoms. The highest BCUT2D eigenvalue weighted by Crippen LogP contribution is 2.22. The molecule has 0 spiro atoms. The van der Waals surface area contributed by atoms with Crippen molar-refractivity contribution in [1.29, 1.82) is 0 Å². The molecule has 1 atom stereocenters. The van der Waals surface area contributed by atoms with Gasteiger partial charge in [0.2, 0.25) is 0 Å². The first-order valence-corrected chi connectivity index (χ1v) is 6.27. The summed E-state index contributed by atoms with van der Waals surface area (Å²) in [4.78, 5) is 2.40. The lowest BCUT2D eigenvalue weighted by Gasteiger charge is -2.16. The molecule has 2 rings (SSSR count). The Balaban J connectivity index is 1.97. The van der Waals surface area contributed by atoms with E-state index >= 15 is 0 Å². The first-order valence-electron chi connectivity index (χ1n) is 5.48. The molecule has 0 radical (unpaired) electrons. The molecule has 0 aromatic heterocycles. The number of nitrogens with two attached hydrogens (primary N) is 1. The van der Waals surface area contributed by atoms with Gasteiger partial charge in [0.25, 0.3) is 0 Å². The second-order valence-electron chi connectivity index (χ2n) is 4.24. The minimum atomic E-state index is 0.396. The zero-order chi connectivity index (χ0) is 11.5. The van der Waals surface area contributed by atoms with Crippen LogP contribution in [0.15, 0.2) is 22.7 Å². The van der Waals surface area contributed by atoms with Gasteiger partial charge in [0.1, 0.15) is 0 Å². The van der Waals surface area contributed by atoms with Gasteiger partial charge in [-0.25, -0.2) is 0 Å². The standard InChI is InChI=1S/C12H17BrN2O/c1-16-10-4-5-15(8-10)7-9-2-3-11(13)12(14)6-9/h2-3,6,10H,4-5,7-8,14H2,1H3. The summed E-state index contributed by atoms with van der Waals surface area (Å²) in [5.74, 6) is 0. The summed E-state index contributed by atoms with van der Waals surface area (Å²) in [6, 6.07) is 6.15. The number of hydrogen-bond donors (Lipinski definition) is 1. The Labute approximate surface area is 105 Å². The van der Waals surface area contributed by atoms with Crippen LogP contribution in [-0.4, -0.2) is 31.2 Å². The van der Waals surface area contributed by atoms with Crippen molar-refractivity contribution >= 4 is 21.6 Å². The van der Waals surface area contributed by atoms with E-state index in [4.69, 9.17) is 10.5 Å². The normalized spacial score (nSPS) is 21.5.